The van der Waals surface area contributed by atoms with Gasteiger partial charge in [0.25, 0.3) is 0 Å². The number of carbonyl (C=O) groups excluding carboxylic acids is 2. The first kappa shape index (κ1) is 21.2. The Labute approximate surface area is 162 Å². The summed E-state index contributed by atoms with van der Waals surface area (Å²) in [4.78, 5) is 35.6. The van der Waals surface area contributed by atoms with Crippen LogP contribution < -0.4 is 10.0 Å². The molecular formula is C17H22N2O6S2. The minimum absolute atomic E-state index is 0.138. The van der Waals surface area contributed by atoms with E-state index in [1.807, 2.05) is 0 Å². The molecule has 2 rings (SSSR count). The van der Waals surface area contributed by atoms with Gasteiger partial charge in [0.1, 0.15) is 6.04 Å². The predicted molar refractivity (Wildman–Crippen MR) is 104 cm³/mol. The van der Waals surface area contributed by atoms with Crippen molar-refractivity contribution in [3.05, 3.63) is 29.3 Å². The van der Waals surface area contributed by atoms with E-state index in [0.717, 1.165) is 6.26 Å². The van der Waals surface area contributed by atoms with Crippen LogP contribution in [0.4, 0.5) is 5.69 Å². The number of carbonyl (C=O) groups is 3. The van der Waals surface area contributed by atoms with Crippen LogP contribution in [0.1, 0.15) is 36.7 Å². The van der Waals surface area contributed by atoms with E-state index in [9.17, 15) is 27.9 Å². The smallest absolute Gasteiger partial charge is 0.327 e. The zero-order chi connectivity index (χ0) is 20.6. The Bertz CT molecular complexity index is 895. The van der Waals surface area contributed by atoms with Gasteiger partial charge < -0.3 is 10.4 Å². The quantitative estimate of drug-likeness (QED) is 0.612. The number of nitrogens with one attached hydrogen (secondary N) is 2. The van der Waals surface area contributed by atoms with Gasteiger partial charge in [0, 0.05) is 22.9 Å². The lowest BCUT2D eigenvalue weighted by atomic mass is 10.0. The average Bonchev–Trinajstić information content (AvgIpc) is 2.77. The Morgan fingerprint density at radius 2 is 1.96 bits per heavy atom. The second-order valence-electron chi connectivity index (χ2n) is 7.00. The molecule has 0 aromatic heterocycles. The summed E-state index contributed by atoms with van der Waals surface area (Å²) in [5.74, 6) is -1.78. The molecule has 3 N–H and O–H groups in total. The maximum absolute atomic E-state index is 12.7. The van der Waals surface area contributed by atoms with Crippen LogP contribution in [0.25, 0.3) is 0 Å². The molecule has 0 radical (unpaired) electrons. The minimum Gasteiger partial charge on any atom is -0.480 e. The molecule has 2 atom stereocenters. The van der Waals surface area contributed by atoms with Gasteiger partial charge in [0.05, 0.1) is 11.5 Å². The Kier molecular flexibility index (Phi) is 5.91. The van der Waals surface area contributed by atoms with Crippen molar-refractivity contribution < 1.29 is 27.9 Å². The number of rotatable bonds is 7. The molecule has 0 heterocycles. The van der Waals surface area contributed by atoms with Crippen LogP contribution in [-0.4, -0.2) is 53.5 Å². The zero-order valence-electron chi connectivity index (χ0n) is 15.4. The molecule has 1 aliphatic carbocycles. The number of carboxylic acids is 1. The first-order chi connectivity index (χ1) is 12.3. The van der Waals surface area contributed by atoms with E-state index >= 15 is 0 Å². The number of ketones is 1. The molecule has 1 aromatic rings. The van der Waals surface area contributed by atoms with E-state index in [1.54, 1.807) is 26.0 Å². The normalized spacial score (nSPS) is 17.9. The number of hydrogen-bond donors (Lipinski definition) is 3. The van der Waals surface area contributed by atoms with Crippen molar-refractivity contribution in [3.63, 3.8) is 0 Å². The molecule has 0 saturated carbocycles. The van der Waals surface area contributed by atoms with Crippen LogP contribution in [0.15, 0.2) is 18.2 Å². The number of carboxylic acid groups (broad SMARTS) is 1. The maximum atomic E-state index is 12.7. The van der Waals surface area contributed by atoms with Gasteiger partial charge in [-0.1, -0.05) is 0 Å². The molecule has 2 unspecified atom stereocenters. The molecule has 0 bridgehead atoms. The standard InChI is InChI=1S/C17H22N2O6S2/c1-9(20)18-15(16(22)23)17(2,3)26-13-8-10-7-11(19-27(4,24)25)5-6-12(10)14(13)21/h5-7,13,15,19H,8H2,1-4H3,(H,18,20)(H,22,23). The van der Waals surface area contributed by atoms with Gasteiger partial charge in [-0.3, -0.25) is 14.3 Å². The number of thioether (sulfide) groups is 1. The number of benzene rings is 1. The Balaban J connectivity index is 2.21. The Morgan fingerprint density at radius 3 is 2.48 bits per heavy atom. The first-order valence-electron chi connectivity index (χ1n) is 8.13. The third kappa shape index (κ3) is 5.23. The number of aliphatic carboxylic acids is 1. The van der Waals surface area contributed by atoms with Crippen molar-refractivity contribution in [2.24, 2.45) is 0 Å². The van der Waals surface area contributed by atoms with E-state index in [4.69, 9.17) is 0 Å². The van der Waals surface area contributed by atoms with Gasteiger partial charge >= 0.3 is 5.97 Å². The summed E-state index contributed by atoms with van der Waals surface area (Å²) >= 11 is 1.19. The fourth-order valence-corrected chi connectivity index (χ4v) is 5.09. The highest BCUT2D eigenvalue weighted by molar-refractivity contribution is 8.02. The molecule has 8 nitrogen and oxygen atoms in total. The summed E-state index contributed by atoms with van der Waals surface area (Å²) in [6.45, 7) is 4.57. The maximum Gasteiger partial charge on any atom is 0.327 e. The predicted octanol–water partition coefficient (Wildman–Crippen LogP) is 1.27. The summed E-state index contributed by atoms with van der Waals surface area (Å²) in [6.07, 6.45) is 1.40. The number of Topliss-reactive ketones (excluding diaryl/α,β-unsaturated/α-hetero) is 1. The van der Waals surface area contributed by atoms with Crippen molar-refractivity contribution in [2.45, 2.75) is 43.2 Å². The number of sulfonamides is 1. The molecular weight excluding hydrogens is 392 g/mol. The summed E-state index contributed by atoms with van der Waals surface area (Å²) in [6, 6.07) is 3.55. The van der Waals surface area contributed by atoms with Gasteiger partial charge in [-0.25, -0.2) is 13.2 Å². The van der Waals surface area contributed by atoms with Gasteiger partial charge in [0.15, 0.2) is 5.78 Å². The summed E-state index contributed by atoms with van der Waals surface area (Å²) < 4.78 is 24.2. The molecule has 0 aliphatic heterocycles. The van der Waals surface area contributed by atoms with Gasteiger partial charge in [0.2, 0.25) is 15.9 Å². The number of anilines is 1. The molecule has 0 fully saturated rings. The lowest BCUT2D eigenvalue weighted by Gasteiger charge is -2.33. The van der Waals surface area contributed by atoms with E-state index in [-0.39, 0.29) is 5.78 Å². The van der Waals surface area contributed by atoms with Crippen LogP contribution >= 0.6 is 11.8 Å². The number of fused-ring (bicyclic) bond motifs is 1. The van der Waals surface area contributed by atoms with E-state index < -0.39 is 37.9 Å². The van der Waals surface area contributed by atoms with Crippen LogP contribution in [-0.2, 0) is 26.0 Å². The molecule has 27 heavy (non-hydrogen) atoms. The fourth-order valence-electron chi connectivity index (χ4n) is 3.01. The molecule has 1 aliphatic rings. The van der Waals surface area contributed by atoms with Crippen LogP contribution in [0.3, 0.4) is 0 Å². The van der Waals surface area contributed by atoms with Crippen molar-refractivity contribution in [1.82, 2.24) is 5.32 Å². The van der Waals surface area contributed by atoms with E-state index in [0.29, 0.717) is 23.2 Å². The Hall–Kier alpha value is -2.07. The highest BCUT2D eigenvalue weighted by Crippen LogP contribution is 2.39. The number of amides is 1. The highest BCUT2D eigenvalue weighted by atomic mass is 32.2. The third-order valence-electron chi connectivity index (χ3n) is 4.11. The zero-order valence-corrected chi connectivity index (χ0v) is 17.0. The van der Waals surface area contributed by atoms with Crippen LogP contribution in [0.2, 0.25) is 0 Å². The monoisotopic (exact) mass is 414 g/mol. The van der Waals surface area contributed by atoms with Gasteiger partial charge in [-0.15, -0.1) is 11.8 Å². The van der Waals surface area contributed by atoms with Gasteiger partial charge in [-0.2, -0.15) is 0 Å². The van der Waals surface area contributed by atoms with Crippen LogP contribution in [0, 0.1) is 0 Å². The summed E-state index contributed by atoms with van der Waals surface area (Å²) in [5.41, 5.74) is 1.57. The van der Waals surface area contributed by atoms with E-state index in [1.165, 1.54) is 24.8 Å². The van der Waals surface area contributed by atoms with Crippen molar-refractivity contribution in [3.8, 4) is 0 Å². The van der Waals surface area contributed by atoms with Gasteiger partial charge in [-0.05, 0) is 44.0 Å². The van der Waals surface area contributed by atoms with Crippen molar-refractivity contribution in [1.29, 1.82) is 0 Å². The topological polar surface area (TPSA) is 130 Å². The molecule has 0 saturated heterocycles. The first-order valence-corrected chi connectivity index (χ1v) is 10.9. The SMILES string of the molecule is CC(=O)NC(C(=O)O)C(C)(C)SC1Cc2cc(NS(C)(=O)=O)ccc2C1=O. The Morgan fingerprint density at radius 1 is 1.33 bits per heavy atom. The minimum atomic E-state index is -3.43. The highest BCUT2D eigenvalue weighted by Gasteiger charge is 2.42. The molecule has 0 spiro atoms. The van der Waals surface area contributed by atoms with E-state index in [2.05, 4.69) is 10.0 Å². The lowest BCUT2D eigenvalue weighted by Crippen LogP contribution is -2.52. The summed E-state index contributed by atoms with van der Waals surface area (Å²) in [5, 5.41) is 11.3. The lowest BCUT2D eigenvalue weighted by molar-refractivity contribution is -0.142. The second-order valence-corrected chi connectivity index (χ2v) is 10.6. The largest absolute Gasteiger partial charge is 0.480 e. The molecule has 10 heteroatoms. The second kappa shape index (κ2) is 7.51. The fraction of sp³-hybridized carbons (Fsp3) is 0.471. The summed E-state index contributed by atoms with van der Waals surface area (Å²) in [7, 11) is -3.43. The third-order valence-corrected chi connectivity index (χ3v) is 6.22. The molecule has 148 valence electrons. The van der Waals surface area contributed by atoms with Crippen molar-refractivity contribution in [2.75, 3.05) is 11.0 Å². The average molecular weight is 415 g/mol. The van der Waals surface area contributed by atoms with Crippen molar-refractivity contribution >= 4 is 45.1 Å². The number of hydrogen-bond acceptors (Lipinski definition) is 6. The molecule has 1 amide bonds. The molecule has 1 aromatic carbocycles. The van der Waals surface area contributed by atoms with Crippen LogP contribution in [0.5, 0.6) is 0 Å².